The molecule has 2 unspecified atom stereocenters. The van der Waals surface area contributed by atoms with Gasteiger partial charge in [0.1, 0.15) is 0 Å². The Morgan fingerprint density at radius 3 is 1.09 bits per heavy atom. The van der Waals surface area contributed by atoms with Gasteiger partial charge in [0.15, 0.2) is 16.6 Å². The fourth-order valence-corrected chi connectivity index (χ4v) is 5.86. The van der Waals surface area contributed by atoms with Gasteiger partial charge in [0, 0.05) is 0 Å². The van der Waals surface area contributed by atoms with Crippen molar-refractivity contribution in [1.82, 2.24) is 0 Å². The molecule has 0 radical (unpaired) electrons. The number of hydrogen-bond donors (Lipinski definition) is 0. The van der Waals surface area contributed by atoms with Gasteiger partial charge in [0.25, 0.3) is 0 Å². The molecule has 0 N–H and O–H groups in total. The first kappa shape index (κ1) is 27.0. The van der Waals surface area contributed by atoms with Gasteiger partial charge in [-0.1, -0.05) is 90.1 Å². The third-order valence-corrected chi connectivity index (χ3v) is 16.6. The van der Waals surface area contributed by atoms with E-state index in [1.165, 1.54) is 22.3 Å². The minimum atomic E-state index is -2.07. The average molecular weight is 471 g/mol. The normalized spacial score (nSPS) is 15.5. The lowest BCUT2D eigenvalue weighted by Crippen LogP contribution is -2.46. The topological polar surface area (TPSA) is 18.5 Å². The maximum Gasteiger partial charge on any atom is 0.193 e. The molecular formula is C28H46O2Si2. The molecule has 32 heavy (non-hydrogen) atoms. The zero-order valence-corrected chi connectivity index (χ0v) is 24.6. The predicted octanol–water partition coefficient (Wildman–Crippen LogP) is 9.13. The monoisotopic (exact) mass is 470 g/mol. The molecule has 2 atom stereocenters. The number of aryl methyl sites for hydroxylation is 2. The van der Waals surface area contributed by atoms with Gasteiger partial charge in [-0.05, 0) is 72.4 Å². The Balaban J connectivity index is 2.74. The summed E-state index contributed by atoms with van der Waals surface area (Å²) in [4.78, 5) is 0. The maximum atomic E-state index is 7.24. The number of benzene rings is 2. The highest BCUT2D eigenvalue weighted by atomic mass is 28.4. The maximum absolute atomic E-state index is 7.24. The van der Waals surface area contributed by atoms with Gasteiger partial charge in [-0.3, -0.25) is 0 Å². The van der Waals surface area contributed by atoms with Crippen LogP contribution in [0.15, 0.2) is 48.5 Å². The molecule has 0 bridgehead atoms. The van der Waals surface area contributed by atoms with E-state index >= 15 is 0 Å². The Kier molecular flexibility index (Phi) is 8.09. The van der Waals surface area contributed by atoms with Crippen LogP contribution in [0.5, 0.6) is 0 Å². The first-order valence-corrected chi connectivity index (χ1v) is 17.8. The molecule has 0 heterocycles. The zero-order chi connectivity index (χ0) is 24.5. The first-order chi connectivity index (χ1) is 14.5. The van der Waals surface area contributed by atoms with Crippen LogP contribution in [-0.2, 0) is 8.85 Å². The smallest absolute Gasteiger partial charge is 0.193 e. The van der Waals surface area contributed by atoms with Crippen LogP contribution < -0.4 is 0 Å². The first-order valence-electron chi connectivity index (χ1n) is 11.9. The van der Waals surface area contributed by atoms with E-state index in [1.54, 1.807) is 0 Å². The predicted molar refractivity (Wildman–Crippen MR) is 144 cm³/mol. The summed E-state index contributed by atoms with van der Waals surface area (Å²) in [6.07, 6.45) is -0.292. The Morgan fingerprint density at radius 1 is 0.562 bits per heavy atom. The molecule has 0 aliphatic heterocycles. The van der Waals surface area contributed by atoms with Crippen LogP contribution in [0.4, 0.5) is 0 Å². The molecular weight excluding hydrogens is 424 g/mol. The molecule has 0 aliphatic rings. The lowest BCUT2D eigenvalue weighted by molar-refractivity contribution is 0.0325. The summed E-state index contributed by atoms with van der Waals surface area (Å²) >= 11 is 0. The van der Waals surface area contributed by atoms with Gasteiger partial charge < -0.3 is 8.85 Å². The van der Waals surface area contributed by atoms with Crippen molar-refractivity contribution in [2.24, 2.45) is 0 Å². The van der Waals surface area contributed by atoms with Crippen molar-refractivity contribution in [3.05, 3.63) is 70.8 Å². The van der Waals surface area contributed by atoms with E-state index < -0.39 is 16.6 Å². The molecule has 0 amide bonds. The summed E-state index contributed by atoms with van der Waals surface area (Å²) in [6, 6.07) is 17.3. The second kappa shape index (κ2) is 9.57. The van der Waals surface area contributed by atoms with Gasteiger partial charge in [-0.25, -0.2) is 0 Å². The van der Waals surface area contributed by atoms with Gasteiger partial charge in [-0.2, -0.15) is 0 Å². The minimum absolute atomic E-state index is 0.112. The summed E-state index contributed by atoms with van der Waals surface area (Å²) < 4.78 is 14.5. The lowest BCUT2D eigenvalue weighted by Gasteiger charge is -2.46. The summed E-state index contributed by atoms with van der Waals surface area (Å²) in [5, 5.41) is 0.225. The highest BCUT2D eigenvalue weighted by molar-refractivity contribution is 6.74. The molecule has 2 rings (SSSR count). The van der Waals surface area contributed by atoms with Gasteiger partial charge >= 0.3 is 0 Å². The minimum Gasteiger partial charge on any atom is -0.407 e. The van der Waals surface area contributed by atoms with Crippen LogP contribution >= 0.6 is 0 Å². The molecule has 2 aromatic carbocycles. The second-order valence-corrected chi connectivity index (χ2v) is 21.8. The Labute approximate surface area is 200 Å². The van der Waals surface area contributed by atoms with E-state index in [0.717, 1.165) is 0 Å². The van der Waals surface area contributed by atoms with Gasteiger partial charge in [0.05, 0.1) is 12.2 Å². The standard InChI is InChI=1S/C28H46O2Si2/c1-21-17-13-15-19-23(21)25(29-31(9,10)27(3,4)5)26(24-20-16-14-18-22(24)2)30-32(11,12)28(6,7)8/h13-20,25-26H,1-12H3. The van der Waals surface area contributed by atoms with Crippen molar-refractivity contribution in [1.29, 1.82) is 0 Å². The molecule has 0 aliphatic carbocycles. The van der Waals surface area contributed by atoms with Crippen LogP contribution in [0.1, 0.15) is 76.0 Å². The van der Waals surface area contributed by atoms with Crippen molar-refractivity contribution in [3.8, 4) is 0 Å². The second-order valence-electron chi connectivity index (χ2n) is 12.3. The lowest BCUT2D eigenvalue weighted by atomic mass is 9.93. The zero-order valence-electron chi connectivity index (χ0n) is 22.6. The third-order valence-electron chi connectivity index (χ3n) is 7.72. The van der Waals surface area contributed by atoms with E-state index in [1.807, 2.05) is 0 Å². The number of hydrogen-bond acceptors (Lipinski definition) is 2. The van der Waals surface area contributed by atoms with E-state index in [4.69, 9.17) is 8.85 Å². The molecule has 178 valence electrons. The summed E-state index contributed by atoms with van der Waals surface area (Å²) in [7, 11) is -4.15. The largest absolute Gasteiger partial charge is 0.407 e. The fraction of sp³-hybridized carbons (Fsp3) is 0.571. The van der Waals surface area contributed by atoms with E-state index in [-0.39, 0.29) is 22.3 Å². The van der Waals surface area contributed by atoms with Crippen LogP contribution in [-0.4, -0.2) is 16.6 Å². The van der Waals surface area contributed by atoms with Crippen molar-refractivity contribution in [3.63, 3.8) is 0 Å². The molecule has 0 fully saturated rings. The molecule has 2 nitrogen and oxygen atoms in total. The van der Waals surface area contributed by atoms with Crippen molar-refractivity contribution >= 4 is 16.6 Å². The molecule has 0 saturated carbocycles. The SMILES string of the molecule is Cc1ccccc1C(O[Si](C)(C)C(C)(C)C)C(O[Si](C)(C)C(C)(C)C)c1ccccc1C. The fourth-order valence-electron chi connectivity index (χ4n) is 3.38. The summed E-state index contributed by atoms with van der Waals surface area (Å²) in [5.41, 5.74) is 5.00. The number of rotatable bonds is 7. The highest BCUT2D eigenvalue weighted by Crippen LogP contribution is 2.48. The highest BCUT2D eigenvalue weighted by Gasteiger charge is 2.46. The van der Waals surface area contributed by atoms with Crippen LogP contribution in [0.3, 0.4) is 0 Å². The van der Waals surface area contributed by atoms with Gasteiger partial charge in [-0.15, -0.1) is 0 Å². The quantitative estimate of drug-likeness (QED) is 0.375. The van der Waals surface area contributed by atoms with Crippen molar-refractivity contribution < 1.29 is 8.85 Å². The van der Waals surface area contributed by atoms with Crippen molar-refractivity contribution in [2.75, 3.05) is 0 Å². The molecule has 0 spiro atoms. The molecule has 2 aromatic rings. The third kappa shape index (κ3) is 6.02. The molecule has 0 saturated heterocycles. The molecule has 0 aromatic heterocycles. The van der Waals surface area contributed by atoms with Gasteiger partial charge in [0.2, 0.25) is 0 Å². The van der Waals surface area contributed by atoms with E-state index in [9.17, 15) is 0 Å². The van der Waals surface area contributed by atoms with Crippen molar-refractivity contribution in [2.45, 2.75) is 104 Å². The summed E-state index contributed by atoms with van der Waals surface area (Å²) in [5.74, 6) is 0. The van der Waals surface area contributed by atoms with E-state index in [2.05, 4.69) is 130 Å². The Morgan fingerprint density at radius 2 is 0.844 bits per heavy atom. The summed E-state index contributed by atoms with van der Waals surface area (Å²) in [6.45, 7) is 27.6. The Hall–Kier alpha value is -1.21. The Bertz CT molecular complexity index is 829. The van der Waals surface area contributed by atoms with E-state index in [0.29, 0.717) is 0 Å². The van der Waals surface area contributed by atoms with Crippen LogP contribution in [0.2, 0.25) is 36.3 Å². The van der Waals surface area contributed by atoms with Crippen LogP contribution in [0, 0.1) is 13.8 Å². The molecule has 4 heteroatoms. The average Bonchev–Trinajstić information content (AvgIpc) is 2.64. The van der Waals surface area contributed by atoms with Crippen LogP contribution in [0.25, 0.3) is 0 Å².